The van der Waals surface area contributed by atoms with Crippen molar-refractivity contribution < 1.29 is 24.2 Å². The van der Waals surface area contributed by atoms with E-state index in [4.69, 9.17) is 16.0 Å². The van der Waals surface area contributed by atoms with Gasteiger partial charge in [0.15, 0.2) is 18.1 Å². The van der Waals surface area contributed by atoms with Gasteiger partial charge in [-0.1, -0.05) is 54.1 Å². The Morgan fingerprint density at radius 2 is 1.69 bits per heavy atom. The Balaban J connectivity index is 1.20. The van der Waals surface area contributed by atoms with Crippen LogP contribution in [0.25, 0.3) is 0 Å². The number of benzene rings is 2. The van der Waals surface area contributed by atoms with E-state index in [1.54, 1.807) is 12.3 Å². The number of aliphatic hydroxyl groups excluding tert-OH is 2. The first-order valence-electron chi connectivity index (χ1n) is 11.8. The van der Waals surface area contributed by atoms with E-state index in [0.717, 1.165) is 16.9 Å². The number of piperazine rings is 1. The summed E-state index contributed by atoms with van der Waals surface area (Å²) < 4.78 is 5.44. The summed E-state index contributed by atoms with van der Waals surface area (Å²) >= 11 is 6.25. The highest BCUT2D eigenvalue weighted by molar-refractivity contribution is 6.33. The van der Waals surface area contributed by atoms with Crippen LogP contribution in [0.15, 0.2) is 65.3 Å². The van der Waals surface area contributed by atoms with Crippen molar-refractivity contribution in [3.8, 4) is 0 Å². The average Bonchev–Trinajstić information content (AvgIpc) is 3.35. The highest BCUT2D eigenvalue weighted by Gasteiger charge is 2.34. The molecule has 0 spiro atoms. The van der Waals surface area contributed by atoms with Crippen LogP contribution >= 0.6 is 11.6 Å². The fraction of sp³-hybridized carbons (Fsp3) is 0.346. The molecule has 2 atom stereocenters. The zero-order chi connectivity index (χ0) is 25.5. The predicted molar refractivity (Wildman–Crippen MR) is 135 cm³/mol. The maximum absolute atomic E-state index is 12.7. The van der Waals surface area contributed by atoms with Crippen LogP contribution in [0.3, 0.4) is 0 Å². The molecule has 1 aromatic heterocycles. The second-order valence-electron chi connectivity index (χ2n) is 8.59. The number of hydrogen-bond acceptors (Lipinski definition) is 7. The van der Waals surface area contributed by atoms with Crippen molar-refractivity contribution in [2.45, 2.75) is 25.0 Å². The largest absolute Gasteiger partial charge is 0.449 e. The molecule has 0 bridgehead atoms. The number of carbonyl (C=O) groups excluding carboxylic acids is 2. The van der Waals surface area contributed by atoms with Crippen LogP contribution in [0.1, 0.15) is 17.1 Å². The van der Waals surface area contributed by atoms with Crippen LogP contribution in [0.4, 0.5) is 5.69 Å². The lowest BCUT2D eigenvalue weighted by Gasteiger charge is -2.37. The van der Waals surface area contributed by atoms with E-state index in [1.807, 2.05) is 48.5 Å². The minimum absolute atomic E-state index is 0.138. The molecule has 9 nitrogen and oxygen atoms in total. The molecular formula is C26H29ClN4O5. The number of oxazole rings is 1. The van der Waals surface area contributed by atoms with E-state index >= 15 is 0 Å². The van der Waals surface area contributed by atoms with Crippen molar-refractivity contribution in [1.82, 2.24) is 15.2 Å². The van der Waals surface area contributed by atoms with E-state index in [9.17, 15) is 19.8 Å². The van der Waals surface area contributed by atoms with Gasteiger partial charge in [0.05, 0.1) is 16.4 Å². The Hall–Kier alpha value is -3.40. The number of para-hydroxylation sites is 1. The topological polar surface area (TPSA) is 119 Å². The van der Waals surface area contributed by atoms with Crippen molar-refractivity contribution in [2.75, 3.05) is 37.6 Å². The van der Waals surface area contributed by atoms with E-state index in [2.05, 4.69) is 15.2 Å². The number of nitrogens with one attached hydrogen (secondary N) is 1. The lowest BCUT2D eigenvalue weighted by Crippen LogP contribution is -2.55. The number of carbonyl (C=O) groups is 2. The SMILES string of the molecule is O=C(NCCc1nc(Cc2ccccc2)co1)C(O)C(O)C(=O)N1CCN(c2ccccc2Cl)CC1. The van der Waals surface area contributed by atoms with Gasteiger partial charge < -0.3 is 29.7 Å². The molecule has 4 rings (SSSR count). The summed E-state index contributed by atoms with van der Waals surface area (Å²) in [6.07, 6.45) is -1.21. The lowest BCUT2D eigenvalue weighted by molar-refractivity contribution is -0.153. The molecule has 3 N–H and O–H groups in total. The van der Waals surface area contributed by atoms with Crippen molar-refractivity contribution in [1.29, 1.82) is 0 Å². The standard InChI is InChI=1S/C26H29ClN4O5/c27-20-8-4-5-9-21(20)30-12-14-31(15-13-30)26(35)24(33)23(32)25(34)28-11-10-22-29-19(17-36-22)16-18-6-2-1-3-7-18/h1-9,17,23-24,32-33H,10-16H2,(H,28,34). The smallest absolute Gasteiger partial charge is 0.254 e. The van der Waals surface area contributed by atoms with Crippen LogP contribution in [0.2, 0.25) is 5.02 Å². The van der Waals surface area contributed by atoms with E-state index in [0.29, 0.717) is 49.9 Å². The van der Waals surface area contributed by atoms with Crippen LogP contribution in [0.5, 0.6) is 0 Å². The number of rotatable bonds is 9. The third-order valence-corrected chi connectivity index (χ3v) is 6.39. The van der Waals surface area contributed by atoms with Gasteiger partial charge in [0.1, 0.15) is 6.26 Å². The number of anilines is 1. The Morgan fingerprint density at radius 1 is 1.00 bits per heavy atom. The third-order valence-electron chi connectivity index (χ3n) is 6.07. The second kappa shape index (κ2) is 12.0. The van der Waals surface area contributed by atoms with E-state index in [-0.39, 0.29) is 6.54 Å². The summed E-state index contributed by atoms with van der Waals surface area (Å²) in [5, 5.41) is 23.7. The van der Waals surface area contributed by atoms with Gasteiger partial charge in [-0.05, 0) is 17.7 Å². The number of hydrogen-bond donors (Lipinski definition) is 3. The first-order valence-corrected chi connectivity index (χ1v) is 12.2. The zero-order valence-corrected chi connectivity index (χ0v) is 20.5. The van der Waals surface area contributed by atoms with Crippen molar-refractivity contribution in [3.63, 3.8) is 0 Å². The first kappa shape index (κ1) is 25.7. The van der Waals surface area contributed by atoms with Crippen molar-refractivity contribution in [3.05, 3.63) is 83.0 Å². The van der Waals surface area contributed by atoms with Gasteiger partial charge in [0.25, 0.3) is 11.8 Å². The number of halogens is 1. The molecule has 36 heavy (non-hydrogen) atoms. The highest BCUT2D eigenvalue weighted by atomic mass is 35.5. The third kappa shape index (κ3) is 6.42. The molecule has 1 saturated heterocycles. The predicted octanol–water partition coefficient (Wildman–Crippen LogP) is 1.65. The molecule has 0 radical (unpaired) electrons. The normalized spacial score (nSPS) is 15.4. The molecular weight excluding hydrogens is 484 g/mol. The lowest BCUT2D eigenvalue weighted by atomic mass is 10.1. The Labute approximate surface area is 214 Å². The van der Waals surface area contributed by atoms with Crippen LogP contribution in [-0.4, -0.2) is 76.8 Å². The highest BCUT2D eigenvalue weighted by Crippen LogP contribution is 2.26. The van der Waals surface area contributed by atoms with Gasteiger partial charge in [0, 0.05) is 45.6 Å². The molecule has 1 aliphatic heterocycles. The van der Waals surface area contributed by atoms with Gasteiger partial charge in [0.2, 0.25) is 0 Å². The minimum Gasteiger partial charge on any atom is -0.449 e. The van der Waals surface area contributed by atoms with Crippen molar-refractivity contribution >= 4 is 29.1 Å². The molecule has 0 aliphatic carbocycles. The van der Waals surface area contributed by atoms with E-state index in [1.165, 1.54) is 4.90 Å². The summed E-state index contributed by atoms with van der Waals surface area (Å²) in [5.74, 6) is -1.07. The van der Waals surface area contributed by atoms with Gasteiger partial charge >= 0.3 is 0 Å². The second-order valence-corrected chi connectivity index (χ2v) is 9.00. The summed E-state index contributed by atoms with van der Waals surface area (Å²) in [7, 11) is 0. The summed E-state index contributed by atoms with van der Waals surface area (Å²) in [6.45, 7) is 1.86. The fourth-order valence-corrected chi connectivity index (χ4v) is 4.34. The minimum atomic E-state index is -1.88. The van der Waals surface area contributed by atoms with Crippen LogP contribution < -0.4 is 10.2 Å². The first-order chi connectivity index (χ1) is 17.4. The molecule has 2 aromatic carbocycles. The molecule has 3 aromatic rings. The van der Waals surface area contributed by atoms with Crippen LogP contribution in [-0.2, 0) is 22.4 Å². The molecule has 1 aliphatic rings. The Morgan fingerprint density at radius 3 is 2.42 bits per heavy atom. The maximum Gasteiger partial charge on any atom is 0.254 e. The Kier molecular flexibility index (Phi) is 8.58. The summed E-state index contributed by atoms with van der Waals surface area (Å²) in [6, 6.07) is 17.3. The Bertz CT molecular complexity index is 1160. The van der Waals surface area contributed by atoms with Crippen LogP contribution in [0, 0.1) is 0 Å². The van der Waals surface area contributed by atoms with Gasteiger partial charge in [-0.25, -0.2) is 4.98 Å². The molecule has 10 heteroatoms. The average molecular weight is 513 g/mol. The summed E-state index contributed by atoms with van der Waals surface area (Å²) in [5.41, 5.74) is 2.76. The molecule has 0 saturated carbocycles. The maximum atomic E-state index is 12.7. The number of aromatic nitrogens is 1. The van der Waals surface area contributed by atoms with E-state index < -0.39 is 24.0 Å². The molecule has 2 amide bonds. The monoisotopic (exact) mass is 512 g/mol. The van der Waals surface area contributed by atoms with Gasteiger partial charge in [-0.3, -0.25) is 9.59 Å². The molecule has 2 heterocycles. The number of nitrogens with zero attached hydrogens (tertiary/aromatic N) is 3. The fourth-order valence-electron chi connectivity index (χ4n) is 4.09. The molecule has 190 valence electrons. The quantitative estimate of drug-likeness (QED) is 0.399. The molecule has 2 unspecified atom stereocenters. The molecule has 1 fully saturated rings. The summed E-state index contributed by atoms with van der Waals surface area (Å²) in [4.78, 5) is 32.9. The number of aliphatic hydroxyl groups is 2. The van der Waals surface area contributed by atoms with Gasteiger partial charge in [-0.15, -0.1) is 0 Å². The van der Waals surface area contributed by atoms with Gasteiger partial charge in [-0.2, -0.15) is 0 Å². The zero-order valence-electron chi connectivity index (χ0n) is 19.7. The number of amides is 2. The van der Waals surface area contributed by atoms with Crippen molar-refractivity contribution in [2.24, 2.45) is 0 Å².